The predicted molar refractivity (Wildman–Crippen MR) is 104 cm³/mol. The van der Waals surface area contributed by atoms with E-state index < -0.39 is 10.8 Å². The summed E-state index contributed by atoms with van der Waals surface area (Å²) in [6.07, 6.45) is 1.88. The Morgan fingerprint density at radius 3 is 2.64 bits per heavy atom. The summed E-state index contributed by atoms with van der Waals surface area (Å²) < 4.78 is 5.48. The predicted octanol–water partition coefficient (Wildman–Crippen LogP) is 3.41. The van der Waals surface area contributed by atoms with Crippen molar-refractivity contribution in [1.29, 1.82) is 0 Å². The van der Waals surface area contributed by atoms with Crippen LogP contribution in [0.25, 0.3) is 0 Å². The number of carbonyl (C=O) groups excluding carboxylic acids is 2. The third-order valence-electron chi connectivity index (χ3n) is 4.34. The van der Waals surface area contributed by atoms with Gasteiger partial charge in [0, 0.05) is 25.3 Å². The third-order valence-corrected chi connectivity index (χ3v) is 4.65. The molecule has 1 saturated heterocycles. The van der Waals surface area contributed by atoms with Gasteiger partial charge in [-0.2, -0.15) is 0 Å². The second-order valence-electron chi connectivity index (χ2n) is 6.27. The largest absolute Gasteiger partial charge is 0.376 e. The van der Waals surface area contributed by atoms with Gasteiger partial charge in [0.05, 0.1) is 32.9 Å². The molecule has 9 heteroatoms. The second-order valence-corrected chi connectivity index (χ2v) is 6.67. The van der Waals surface area contributed by atoms with Crippen molar-refractivity contribution in [2.45, 2.75) is 18.9 Å². The molecule has 1 fully saturated rings. The first-order valence-corrected chi connectivity index (χ1v) is 9.07. The highest BCUT2D eigenvalue weighted by molar-refractivity contribution is 6.34. The van der Waals surface area contributed by atoms with Crippen LogP contribution in [0.3, 0.4) is 0 Å². The molecule has 0 radical (unpaired) electrons. The molecule has 2 aromatic rings. The molecule has 0 aromatic heterocycles. The van der Waals surface area contributed by atoms with E-state index in [0.717, 1.165) is 18.9 Å². The van der Waals surface area contributed by atoms with E-state index in [0.29, 0.717) is 24.4 Å². The van der Waals surface area contributed by atoms with Gasteiger partial charge in [0.15, 0.2) is 0 Å². The molecule has 2 amide bonds. The number of hydrogen-bond donors (Lipinski definition) is 2. The summed E-state index contributed by atoms with van der Waals surface area (Å²) in [6.45, 7) is 1.10. The number of benzene rings is 2. The number of nitrogens with one attached hydrogen (secondary N) is 2. The number of hydrogen-bond acceptors (Lipinski definition) is 5. The lowest BCUT2D eigenvalue weighted by Crippen LogP contribution is -2.32. The van der Waals surface area contributed by atoms with Crippen molar-refractivity contribution < 1.29 is 19.2 Å². The van der Waals surface area contributed by atoms with E-state index in [1.807, 2.05) is 0 Å². The molecule has 1 unspecified atom stereocenters. The number of nitro benzene ring substituents is 1. The normalized spacial score (nSPS) is 15.8. The minimum Gasteiger partial charge on any atom is -0.376 e. The van der Waals surface area contributed by atoms with Crippen LogP contribution in [0.1, 0.15) is 33.6 Å². The maximum atomic E-state index is 12.5. The summed E-state index contributed by atoms with van der Waals surface area (Å²) in [6, 6.07) is 10.1. The van der Waals surface area contributed by atoms with Crippen molar-refractivity contribution in [2.24, 2.45) is 0 Å². The molecular formula is C19H18ClN3O5. The zero-order valence-corrected chi connectivity index (χ0v) is 15.6. The molecule has 146 valence electrons. The summed E-state index contributed by atoms with van der Waals surface area (Å²) in [5.41, 5.74) is 0.468. The zero-order valence-electron chi connectivity index (χ0n) is 14.8. The maximum absolute atomic E-state index is 12.5. The van der Waals surface area contributed by atoms with Gasteiger partial charge in [-0.05, 0) is 31.0 Å². The highest BCUT2D eigenvalue weighted by atomic mass is 35.5. The zero-order chi connectivity index (χ0) is 20.1. The molecule has 28 heavy (non-hydrogen) atoms. The maximum Gasteiger partial charge on any atom is 0.270 e. The van der Waals surface area contributed by atoms with E-state index in [9.17, 15) is 19.7 Å². The van der Waals surface area contributed by atoms with E-state index >= 15 is 0 Å². The molecule has 0 spiro atoms. The van der Waals surface area contributed by atoms with Gasteiger partial charge in [-0.25, -0.2) is 0 Å². The number of carbonyl (C=O) groups is 2. The molecule has 2 aromatic carbocycles. The van der Waals surface area contributed by atoms with Crippen molar-refractivity contribution in [2.75, 3.05) is 18.5 Å². The first-order valence-electron chi connectivity index (χ1n) is 8.70. The van der Waals surface area contributed by atoms with Gasteiger partial charge in [-0.1, -0.05) is 23.7 Å². The van der Waals surface area contributed by atoms with Crippen LogP contribution in [0.5, 0.6) is 0 Å². The van der Waals surface area contributed by atoms with E-state index in [1.165, 1.54) is 12.1 Å². The fourth-order valence-electron chi connectivity index (χ4n) is 2.89. The Morgan fingerprint density at radius 1 is 1.18 bits per heavy atom. The standard InChI is InChI=1S/C19H18ClN3O5/c20-16-10-12(23(26)27)7-8-14(16)19(25)22-17-6-2-1-5-15(17)18(24)21-11-13-4-3-9-28-13/h1-2,5-8,10,13H,3-4,9,11H2,(H,21,24)(H,22,25). The topological polar surface area (TPSA) is 111 Å². The number of anilines is 1. The number of halogens is 1. The molecule has 0 aliphatic carbocycles. The smallest absolute Gasteiger partial charge is 0.270 e. The van der Waals surface area contributed by atoms with Crippen LogP contribution in [0.15, 0.2) is 42.5 Å². The van der Waals surface area contributed by atoms with Crippen LogP contribution in [-0.4, -0.2) is 36.0 Å². The lowest BCUT2D eigenvalue weighted by molar-refractivity contribution is -0.384. The minimum absolute atomic E-state index is 0.00428. The van der Waals surface area contributed by atoms with Gasteiger partial charge in [0.1, 0.15) is 0 Å². The summed E-state index contributed by atoms with van der Waals surface area (Å²) >= 11 is 6.00. The van der Waals surface area contributed by atoms with Gasteiger partial charge >= 0.3 is 0 Å². The van der Waals surface area contributed by atoms with Crippen LogP contribution in [0.2, 0.25) is 5.02 Å². The number of amides is 2. The first kappa shape index (κ1) is 19.8. The quantitative estimate of drug-likeness (QED) is 0.567. The third kappa shape index (κ3) is 4.65. The molecule has 1 atom stereocenters. The number of non-ortho nitro benzene ring substituents is 1. The van der Waals surface area contributed by atoms with Crippen LogP contribution in [0, 0.1) is 10.1 Å². The number of para-hydroxylation sites is 1. The van der Waals surface area contributed by atoms with Crippen molar-refractivity contribution in [3.63, 3.8) is 0 Å². The van der Waals surface area contributed by atoms with Crippen molar-refractivity contribution >= 4 is 34.8 Å². The van der Waals surface area contributed by atoms with E-state index in [-0.39, 0.29) is 28.3 Å². The minimum atomic E-state index is -0.596. The van der Waals surface area contributed by atoms with Gasteiger partial charge in [-0.3, -0.25) is 19.7 Å². The lowest BCUT2D eigenvalue weighted by Gasteiger charge is -2.14. The number of ether oxygens (including phenoxy) is 1. The summed E-state index contributed by atoms with van der Waals surface area (Å²) in [5.74, 6) is -0.902. The fraction of sp³-hybridized carbons (Fsp3) is 0.263. The number of rotatable bonds is 6. The molecule has 0 saturated carbocycles. The van der Waals surface area contributed by atoms with Crippen LogP contribution in [-0.2, 0) is 4.74 Å². The van der Waals surface area contributed by atoms with Crippen LogP contribution in [0.4, 0.5) is 11.4 Å². The molecule has 1 heterocycles. The Kier molecular flexibility index (Phi) is 6.23. The molecular weight excluding hydrogens is 386 g/mol. The SMILES string of the molecule is O=C(Nc1ccccc1C(=O)NCC1CCCO1)c1ccc([N+](=O)[O-])cc1Cl. The average molecular weight is 404 g/mol. The molecule has 8 nitrogen and oxygen atoms in total. The van der Waals surface area contributed by atoms with E-state index in [1.54, 1.807) is 24.3 Å². The Labute approximate surface area is 166 Å². The molecule has 1 aliphatic heterocycles. The van der Waals surface area contributed by atoms with Gasteiger partial charge in [0.25, 0.3) is 17.5 Å². The van der Waals surface area contributed by atoms with Crippen LogP contribution < -0.4 is 10.6 Å². The lowest BCUT2D eigenvalue weighted by atomic mass is 10.1. The second kappa shape index (κ2) is 8.81. The monoisotopic (exact) mass is 403 g/mol. The Hall–Kier alpha value is -2.97. The molecule has 1 aliphatic rings. The Morgan fingerprint density at radius 2 is 1.96 bits per heavy atom. The Bertz CT molecular complexity index is 912. The van der Waals surface area contributed by atoms with Crippen LogP contribution >= 0.6 is 11.6 Å². The summed E-state index contributed by atoms with van der Waals surface area (Å²) in [5, 5.41) is 16.2. The fourth-order valence-corrected chi connectivity index (χ4v) is 3.15. The van der Waals surface area contributed by atoms with Crippen molar-refractivity contribution in [3.8, 4) is 0 Å². The van der Waals surface area contributed by atoms with Crippen molar-refractivity contribution in [1.82, 2.24) is 5.32 Å². The van der Waals surface area contributed by atoms with E-state index in [2.05, 4.69) is 10.6 Å². The van der Waals surface area contributed by atoms with Gasteiger partial charge in [-0.15, -0.1) is 0 Å². The highest BCUT2D eigenvalue weighted by Gasteiger charge is 2.20. The first-order chi connectivity index (χ1) is 13.5. The van der Waals surface area contributed by atoms with Crippen molar-refractivity contribution in [3.05, 3.63) is 68.7 Å². The molecule has 2 N–H and O–H groups in total. The van der Waals surface area contributed by atoms with Gasteiger partial charge < -0.3 is 15.4 Å². The Balaban J connectivity index is 1.72. The summed E-state index contributed by atoms with van der Waals surface area (Å²) in [4.78, 5) is 35.2. The number of nitrogens with zero attached hydrogens (tertiary/aromatic N) is 1. The summed E-state index contributed by atoms with van der Waals surface area (Å²) in [7, 11) is 0. The van der Waals surface area contributed by atoms with E-state index in [4.69, 9.17) is 16.3 Å². The van der Waals surface area contributed by atoms with Gasteiger partial charge in [0.2, 0.25) is 0 Å². The molecule has 3 rings (SSSR count). The highest BCUT2D eigenvalue weighted by Crippen LogP contribution is 2.24. The number of nitro groups is 1. The average Bonchev–Trinajstić information content (AvgIpc) is 3.20. The molecule has 0 bridgehead atoms.